The van der Waals surface area contributed by atoms with Crippen LogP contribution in [0.3, 0.4) is 0 Å². The van der Waals surface area contributed by atoms with Crippen LogP contribution in [0.5, 0.6) is 0 Å². The molecule has 28 heavy (non-hydrogen) atoms. The van der Waals surface area contributed by atoms with Gasteiger partial charge in [0.2, 0.25) is 0 Å². The second-order valence-electron chi connectivity index (χ2n) is 7.68. The van der Waals surface area contributed by atoms with Crippen LogP contribution in [0.4, 0.5) is 0 Å². The quantitative estimate of drug-likeness (QED) is 0.352. The van der Waals surface area contributed by atoms with Gasteiger partial charge < -0.3 is 9.84 Å². The fraction of sp³-hybridized carbons (Fsp3) is 0.652. The van der Waals surface area contributed by atoms with Gasteiger partial charge in [0.1, 0.15) is 0 Å². The number of carbonyl (C=O) groups is 2. The Balaban J connectivity index is 1.49. The lowest BCUT2D eigenvalue weighted by Crippen LogP contribution is -2.38. The topological polar surface area (TPSA) is 66.8 Å². The number of fused-ring (bicyclic) bond motifs is 1. The number of nitrogens with zero attached hydrogens (tertiary/aromatic N) is 1. The summed E-state index contributed by atoms with van der Waals surface area (Å²) in [5.74, 6) is -0.677. The van der Waals surface area contributed by atoms with Crippen molar-refractivity contribution in [1.82, 2.24) is 4.90 Å². The van der Waals surface area contributed by atoms with E-state index in [-0.39, 0.29) is 25.0 Å². The number of ether oxygens (including phenoxy) is 1. The van der Waals surface area contributed by atoms with E-state index < -0.39 is 6.10 Å². The number of aliphatic hydroxyl groups is 1. The van der Waals surface area contributed by atoms with Gasteiger partial charge in [0.25, 0.3) is 11.8 Å². The molecule has 1 aliphatic heterocycles. The maximum atomic E-state index is 12.3. The first kappa shape index (κ1) is 22.6. The number of benzene rings is 1. The fourth-order valence-electron chi connectivity index (χ4n) is 3.58. The highest BCUT2D eigenvalue weighted by molar-refractivity contribution is 6.21. The van der Waals surface area contributed by atoms with Gasteiger partial charge in [0.05, 0.1) is 30.4 Å². The number of amides is 2. The van der Waals surface area contributed by atoms with Crippen LogP contribution < -0.4 is 0 Å². The molecule has 1 aromatic rings. The lowest BCUT2D eigenvalue weighted by molar-refractivity contribution is 0.0166. The van der Waals surface area contributed by atoms with Gasteiger partial charge in [-0.05, 0) is 18.6 Å². The average Bonchev–Trinajstić information content (AvgIpc) is 2.94. The van der Waals surface area contributed by atoms with E-state index in [1.54, 1.807) is 24.3 Å². The van der Waals surface area contributed by atoms with Crippen LogP contribution in [0, 0.1) is 0 Å². The van der Waals surface area contributed by atoms with Gasteiger partial charge in [0, 0.05) is 6.61 Å². The smallest absolute Gasteiger partial charge is 0.261 e. The Morgan fingerprint density at radius 3 is 1.89 bits per heavy atom. The molecule has 156 valence electrons. The SMILES string of the molecule is CCCCCCCCCCCCOCC(O)CN1C(=O)c2ccccc2C1=O. The summed E-state index contributed by atoms with van der Waals surface area (Å²) in [6.45, 7) is 2.97. The monoisotopic (exact) mass is 389 g/mol. The van der Waals surface area contributed by atoms with E-state index in [0.29, 0.717) is 17.7 Å². The van der Waals surface area contributed by atoms with E-state index in [0.717, 1.165) is 17.7 Å². The number of carbonyl (C=O) groups excluding carboxylic acids is 2. The first-order valence-corrected chi connectivity index (χ1v) is 10.9. The van der Waals surface area contributed by atoms with Crippen LogP contribution in [-0.4, -0.2) is 47.7 Å². The third-order valence-electron chi connectivity index (χ3n) is 5.22. The number of unbranched alkanes of at least 4 members (excludes halogenated alkanes) is 9. The molecule has 0 saturated heterocycles. The molecule has 0 fully saturated rings. The van der Waals surface area contributed by atoms with Gasteiger partial charge in [-0.3, -0.25) is 14.5 Å². The highest BCUT2D eigenvalue weighted by Gasteiger charge is 2.35. The lowest BCUT2D eigenvalue weighted by Gasteiger charge is -2.18. The molecule has 0 spiro atoms. The highest BCUT2D eigenvalue weighted by Crippen LogP contribution is 2.22. The summed E-state index contributed by atoms with van der Waals surface area (Å²) in [6.07, 6.45) is 11.8. The number of aliphatic hydroxyl groups excluding tert-OH is 1. The number of rotatable bonds is 15. The van der Waals surface area contributed by atoms with E-state index in [9.17, 15) is 14.7 Å². The van der Waals surface area contributed by atoms with Gasteiger partial charge >= 0.3 is 0 Å². The summed E-state index contributed by atoms with van der Waals surface area (Å²) in [4.78, 5) is 25.7. The molecule has 5 heteroatoms. The summed E-state index contributed by atoms with van der Waals surface area (Å²) in [7, 11) is 0. The first-order chi connectivity index (χ1) is 13.6. The Morgan fingerprint density at radius 1 is 0.857 bits per heavy atom. The van der Waals surface area contributed by atoms with Gasteiger partial charge in [-0.1, -0.05) is 76.8 Å². The zero-order valence-corrected chi connectivity index (χ0v) is 17.2. The van der Waals surface area contributed by atoms with Gasteiger partial charge in [-0.25, -0.2) is 0 Å². The number of β-amino-alcohol motifs (C(OH)–C–C–N with tert-alkyl or cyclic N) is 1. The molecule has 0 radical (unpaired) electrons. The molecular weight excluding hydrogens is 354 g/mol. The predicted octanol–water partition coefficient (Wildman–Crippen LogP) is 4.58. The van der Waals surface area contributed by atoms with Crippen molar-refractivity contribution < 1.29 is 19.4 Å². The first-order valence-electron chi connectivity index (χ1n) is 10.9. The Hall–Kier alpha value is -1.72. The number of imide groups is 1. The summed E-state index contributed by atoms with van der Waals surface area (Å²) in [6, 6.07) is 6.76. The van der Waals surface area contributed by atoms with Gasteiger partial charge in [-0.15, -0.1) is 0 Å². The molecule has 5 nitrogen and oxygen atoms in total. The molecule has 0 aromatic heterocycles. The molecule has 1 atom stereocenters. The molecule has 0 saturated carbocycles. The van der Waals surface area contributed by atoms with Crippen molar-refractivity contribution in [3.05, 3.63) is 35.4 Å². The molecule has 0 aliphatic carbocycles. The van der Waals surface area contributed by atoms with Gasteiger partial charge in [-0.2, -0.15) is 0 Å². The van der Waals surface area contributed by atoms with Crippen molar-refractivity contribution in [2.24, 2.45) is 0 Å². The van der Waals surface area contributed by atoms with Crippen molar-refractivity contribution in [3.8, 4) is 0 Å². The molecular formula is C23H35NO4. The molecule has 1 unspecified atom stereocenters. The third-order valence-corrected chi connectivity index (χ3v) is 5.22. The summed E-state index contributed by atoms with van der Waals surface area (Å²) in [5.41, 5.74) is 0.817. The second kappa shape index (κ2) is 12.7. The zero-order valence-electron chi connectivity index (χ0n) is 17.2. The maximum Gasteiger partial charge on any atom is 0.261 e. The summed E-state index contributed by atoms with van der Waals surface area (Å²) in [5, 5.41) is 10.1. The Morgan fingerprint density at radius 2 is 1.36 bits per heavy atom. The van der Waals surface area contributed by atoms with Crippen LogP contribution >= 0.6 is 0 Å². The number of hydrogen-bond acceptors (Lipinski definition) is 4. The minimum atomic E-state index is -0.856. The van der Waals surface area contributed by atoms with E-state index >= 15 is 0 Å². The van der Waals surface area contributed by atoms with Crippen LogP contribution in [0.2, 0.25) is 0 Å². The molecule has 1 N–H and O–H groups in total. The van der Waals surface area contributed by atoms with Crippen LogP contribution in [-0.2, 0) is 4.74 Å². The second-order valence-corrected chi connectivity index (χ2v) is 7.68. The Labute approximate surface area is 169 Å². The van der Waals surface area contributed by atoms with E-state index in [2.05, 4.69) is 6.92 Å². The standard InChI is InChI=1S/C23H35NO4/c1-2-3-4-5-6-7-8-9-10-13-16-28-18-19(25)17-24-22(26)20-14-11-12-15-21(20)23(24)27/h11-12,14-15,19,25H,2-10,13,16-18H2,1H3. The molecule has 1 aliphatic rings. The molecule has 2 rings (SSSR count). The molecule has 2 amide bonds. The summed E-state index contributed by atoms with van der Waals surface area (Å²) < 4.78 is 5.53. The van der Waals surface area contributed by atoms with Gasteiger partial charge in [0.15, 0.2) is 0 Å². The third kappa shape index (κ3) is 7.02. The van der Waals surface area contributed by atoms with E-state index in [1.807, 2.05) is 0 Å². The minimum Gasteiger partial charge on any atom is -0.389 e. The van der Waals surface area contributed by atoms with Crippen molar-refractivity contribution in [2.75, 3.05) is 19.8 Å². The Bertz CT molecular complexity index is 581. The normalized spacial score (nSPS) is 14.6. The van der Waals surface area contributed by atoms with Crippen molar-refractivity contribution in [3.63, 3.8) is 0 Å². The fourth-order valence-corrected chi connectivity index (χ4v) is 3.58. The van der Waals surface area contributed by atoms with Crippen molar-refractivity contribution in [1.29, 1.82) is 0 Å². The molecule has 0 bridgehead atoms. The molecule has 1 heterocycles. The van der Waals surface area contributed by atoms with E-state index in [1.165, 1.54) is 51.4 Å². The average molecular weight is 390 g/mol. The van der Waals surface area contributed by atoms with E-state index in [4.69, 9.17) is 4.74 Å². The highest BCUT2D eigenvalue weighted by atomic mass is 16.5. The predicted molar refractivity (Wildman–Crippen MR) is 110 cm³/mol. The number of hydrogen-bond donors (Lipinski definition) is 1. The van der Waals surface area contributed by atoms with Crippen LogP contribution in [0.25, 0.3) is 0 Å². The lowest BCUT2D eigenvalue weighted by atomic mass is 10.1. The van der Waals surface area contributed by atoms with Crippen LogP contribution in [0.15, 0.2) is 24.3 Å². The minimum absolute atomic E-state index is 0.0234. The van der Waals surface area contributed by atoms with Crippen molar-refractivity contribution >= 4 is 11.8 Å². The largest absolute Gasteiger partial charge is 0.389 e. The molecule has 1 aromatic carbocycles. The zero-order chi connectivity index (χ0) is 20.2. The van der Waals surface area contributed by atoms with Crippen molar-refractivity contribution in [2.45, 2.75) is 77.2 Å². The Kier molecular flexibility index (Phi) is 10.2. The van der Waals surface area contributed by atoms with Crippen LogP contribution in [0.1, 0.15) is 91.8 Å². The summed E-state index contributed by atoms with van der Waals surface area (Å²) >= 11 is 0. The maximum absolute atomic E-state index is 12.3.